The van der Waals surface area contributed by atoms with Gasteiger partial charge in [0.2, 0.25) is 5.43 Å². The number of aromatic nitrogens is 1. The number of rotatable bonds is 4. The molecule has 24 heavy (non-hydrogen) atoms. The normalized spacial score (nSPS) is 13.8. The van der Waals surface area contributed by atoms with Crippen LogP contribution in [0.4, 0.5) is 0 Å². The van der Waals surface area contributed by atoms with E-state index in [1.165, 1.54) is 6.26 Å². The molecule has 1 aliphatic rings. The molecule has 2 heterocycles. The molecule has 1 saturated carbocycles. The van der Waals surface area contributed by atoms with E-state index in [4.69, 9.17) is 4.42 Å². The molecule has 5 heteroatoms. The molecule has 120 valence electrons. The van der Waals surface area contributed by atoms with Crippen molar-refractivity contribution in [3.05, 3.63) is 76.4 Å². The van der Waals surface area contributed by atoms with E-state index in [-0.39, 0.29) is 22.9 Å². The van der Waals surface area contributed by atoms with E-state index in [0.29, 0.717) is 17.5 Å². The van der Waals surface area contributed by atoms with Crippen LogP contribution in [0.25, 0.3) is 11.0 Å². The Morgan fingerprint density at radius 1 is 1.17 bits per heavy atom. The van der Waals surface area contributed by atoms with Crippen LogP contribution < -0.4 is 5.43 Å². The third kappa shape index (κ3) is 2.69. The van der Waals surface area contributed by atoms with Crippen LogP contribution in [0.1, 0.15) is 28.9 Å². The van der Waals surface area contributed by atoms with Gasteiger partial charge in [-0.3, -0.25) is 14.6 Å². The standard InChI is InChI=1S/C19H16N2O3/c22-18-15-6-1-2-7-17(15)24-12-16(18)19(23)21(14-8-9-14)11-13-5-3-4-10-20-13/h1-7,10,12,14H,8-9,11H2. The van der Waals surface area contributed by atoms with Gasteiger partial charge in [0, 0.05) is 12.2 Å². The summed E-state index contributed by atoms with van der Waals surface area (Å²) < 4.78 is 5.48. The molecule has 0 radical (unpaired) electrons. The van der Waals surface area contributed by atoms with Gasteiger partial charge in [-0.25, -0.2) is 0 Å². The van der Waals surface area contributed by atoms with Crippen molar-refractivity contribution in [1.29, 1.82) is 0 Å². The predicted octanol–water partition coefficient (Wildman–Crippen LogP) is 2.99. The molecule has 3 aromatic rings. The number of benzene rings is 1. The number of nitrogens with zero attached hydrogens (tertiary/aromatic N) is 2. The van der Waals surface area contributed by atoms with Gasteiger partial charge in [0.25, 0.3) is 5.91 Å². The Morgan fingerprint density at radius 2 is 1.96 bits per heavy atom. The second-order valence-corrected chi connectivity index (χ2v) is 5.96. The van der Waals surface area contributed by atoms with Crippen molar-refractivity contribution < 1.29 is 9.21 Å². The molecule has 1 amide bonds. The molecule has 0 atom stereocenters. The molecular weight excluding hydrogens is 304 g/mol. The Kier molecular flexibility index (Phi) is 3.61. The van der Waals surface area contributed by atoms with Crippen molar-refractivity contribution in [3.63, 3.8) is 0 Å². The van der Waals surface area contributed by atoms with Gasteiger partial charge < -0.3 is 9.32 Å². The second-order valence-electron chi connectivity index (χ2n) is 5.96. The fourth-order valence-corrected chi connectivity index (χ4v) is 2.80. The number of carbonyl (C=O) groups excluding carboxylic acids is 1. The molecule has 2 aromatic heterocycles. The summed E-state index contributed by atoms with van der Waals surface area (Å²) in [5.74, 6) is -0.289. The van der Waals surface area contributed by atoms with Crippen molar-refractivity contribution in [2.45, 2.75) is 25.4 Å². The minimum atomic E-state index is -0.289. The van der Waals surface area contributed by atoms with E-state index in [0.717, 1.165) is 18.5 Å². The largest absolute Gasteiger partial charge is 0.463 e. The first kappa shape index (κ1) is 14.6. The van der Waals surface area contributed by atoms with E-state index in [1.54, 1.807) is 35.4 Å². The van der Waals surface area contributed by atoms with Gasteiger partial charge in [-0.05, 0) is 37.1 Å². The lowest BCUT2D eigenvalue weighted by atomic mass is 10.1. The first-order chi connectivity index (χ1) is 11.7. The fourth-order valence-electron chi connectivity index (χ4n) is 2.80. The van der Waals surface area contributed by atoms with Crippen LogP contribution in [0.15, 0.2) is 64.1 Å². The summed E-state index contributed by atoms with van der Waals surface area (Å²) >= 11 is 0. The lowest BCUT2D eigenvalue weighted by Crippen LogP contribution is -2.35. The van der Waals surface area contributed by atoms with Crippen molar-refractivity contribution in [1.82, 2.24) is 9.88 Å². The predicted molar refractivity (Wildman–Crippen MR) is 89.6 cm³/mol. The Bertz CT molecular complexity index is 945. The Hall–Kier alpha value is -2.95. The van der Waals surface area contributed by atoms with Gasteiger partial charge in [0.15, 0.2) is 0 Å². The van der Waals surface area contributed by atoms with Crippen LogP contribution >= 0.6 is 0 Å². The number of carbonyl (C=O) groups is 1. The average molecular weight is 320 g/mol. The third-order valence-electron chi connectivity index (χ3n) is 4.22. The summed E-state index contributed by atoms with van der Waals surface area (Å²) in [7, 11) is 0. The number of fused-ring (bicyclic) bond motifs is 1. The number of para-hydroxylation sites is 1. The van der Waals surface area contributed by atoms with Crippen molar-refractivity contribution in [2.75, 3.05) is 0 Å². The maximum absolute atomic E-state index is 12.9. The van der Waals surface area contributed by atoms with Crippen molar-refractivity contribution >= 4 is 16.9 Å². The molecule has 0 unspecified atom stereocenters. The highest BCUT2D eigenvalue weighted by Crippen LogP contribution is 2.29. The highest BCUT2D eigenvalue weighted by atomic mass is 16.3. The van der Waals surface area contributed by atoms with Crippen LogP contribution in [-0.4, -0.2) is 21.8 Å². The molecule has 4 rings (SSSR count). The monoisotopic (exact) mass is 320 g/mol. The lowest BCUT2D eigenvalue weighted by molar-refractivity contribution is 0.0724. The zero-order chi connectivity index (χ0) is 16.5. The molecular formula is C19H16N2O3. The molecule has 0 bridgehead atoms. The summed E-state index contributed by atoms with van der Waals surface area (Å²) in [5.41, 5.74) is 1.09. The van der Waals surface area contributed by atoms with E-state index < -0.39 is 0 Å². The van der Waals surface area contributed by atoms with Gasteiger partial charge in [-0.15, -0.1) is 0 Å². The summed E-state index contributed by atoms with van der Waals surface area (Å²) in [4.78, 5) is 31.6. The minimum absolute atomic E-state index is 0.0801. The number of hydrogen-bond donors (Lipinski definition) is 0. The topological polar surface area (TPSA) is 63.4 Å². The van der Waals surface area contributed by atoms with Gasteiger partial charge in [-0.1, -0.05) is 18.2 Å². The molecule has 0 N–H and O–H groups in total. The Morgan fingerprint density at radius 3 is 2.71 bits per heavy atom. The van der Waals surface area contributed by atoms with Crippen LogP contribution in [0.3, 0.4) is 0 Å². The molecule has 1 aliphatic carbocycles. The van der Waals surface area contributed by atoms with Gasteiger partial charge in [0.05, 0.1) is 17.6 Å². The van der Waals surface area contributed by atoms with Gasteiger partial charge in [-0.2, -0.15) is 0 Å². The summed E-state index contributed by atoms with van der Waals surface area (Å²) in [6, 6.07) is 12.7. The maximum atomic E-state index is 12.9. The van der Waals surface area contributed by atoms with E-state index in [9.17, 15) is 9.59 Å². The summed E-state index contributed by atoms with van der Waals surface area (Å²) in [5, 5.41) is 0.428. The molecule has 0 spiro atoms. The van der Waals surface area contributed by atoms with Crippen molar-refractivity contribution in [3.8, 4) is 0 Å². The highest BCUT2D eigenvalue weighted by molar-refractivity contribution is 5.96. The Labute approximate surface area is 138 Å². The fraction of sp³-hybridized carbons (Fsp3) is 0.211. The van der Waals surface area contributed by atoms with E-state index in [1.807, 2.05) is 18.2 Å². The third-order valence-corrected chi connectivity index (χ3v) is 4.22. The van der Waals surface area contributed by atoms with E-state index >= 15 is 0 Å². The average Bonchev–Trinajstić information content (AvgIpc) is 3.46. The summed E-state index contributed by atoms with van der Waals surface area (Å²) in [6.07, 6.45) is 4.89. The number of amides is 1. The zero-order valence-electron chi connectivity index (χ0n) is 13.0. The zero-order valence-corrected chi connectivity index (χ0v) is 13.0. The number of hydrogen-bond acceptors (Lipinski definition) is 4. The first-order valence-corrected chi connectivity index (χ1v) is 7.95. The molecule has 0 saturated heterocycles. The van der Waals surface area contributed by atoms with Gasteiger partial charge in [0.1, 0.15) is 17.4 Å². The minimum Gasteiger partial charge on any atom is -0.463 e. The molecule has 1 aromatic carbocycles. The van der Waals surface area contributed by atoms with Gasteiger partial charge >= 0.3 is 0 Å². The van der Waals surface area contributed by atoms with Crippen LogP contribution in [0.2, 0.25) is 0 Å². The second kappa shape index (κ2) is 5.92. The molecule has 0 aliphatic heterocycles. The smallest absolute Gasteiger partial charge is 0.261 e. The molecule has 5 nitrogen and oxygen atoms in total. The van der Waals surface area contributed by atoms with E-state index in [2.05, 4.69) is 4.98 Å². The SMILES string of the molecule is O=C(c1coc2ccccc2c1=O)N(Cc1ccccn1)C1CC1. The van der Waals surface area contributed by atoms with Crippen LogP contribution in [0.5, 0.6) is 0 Å². The molecule has 1 fully saturated rings. The van der Waals surface area contributed by atoms with Crippen LogP contribution in [0, 0.1) is 0 Å². The maximum Gasteiger partial charge on any atom is 0.261 e. The van der Waals surface area contributed by atoms with Crippen LogP contribution in [-0.2, 0) is 6.54 Å². The first-order valence-electron chi connectivity index (χ1n) is 7.95. The summed E-state index contributed by atoms with van der Waals surface area (Å²) in [6.45, 7) is 0.399. The number of pyridine rings is 1. The highest BCUT2D eigenvalue weighted by Gasteiger charge is 2.34. The quantitative estimate of drug-likeness (QED) is 0.741. The Balaban J connectivity index is 1.70. The lowest BCUT2D eigenvalue weighted by Gasteiger charge is -2.21. The van der Waals surface area contributed by atoms with Crippen molar-refractivity contribution in [2.24, 2.45) is 0 Å².